The molecule has 2 atom stereocenters. The van der Waals surface area contributed by atoms with E-state index in [9.17, 15) is 9.59 Å². The minimum Gasteiger partial charge on any atom is -0.465 e. The molecule has 132 valence electrons. The van der Waals surface area contributed by atoms with Gasteiger partial charge in [-0.3, -0.25) is 4.79 Å². The van der Waals surface area contributed by atoms with Crippen LogP contribution in [0, 0.1) is 5.92 Å². The summed E-state index contributed by atoms with van der Waals surface area (Å²) in [5.74, 6) is -0.322. The maximum absolute atomic E-state index is 12.1. The molecule has 1 rings (SSSR count). The number of amides is 1. The highest BCUT2D eigenvalue weighted by Crippen LogP contribution is 2.38. The summed E-state index contributed by atoms with van der Waals surface area (Å²) in [5, 5.41) is 2.96. The number of nitrogens with one attached hydrogen (secondary N) is 1. The number of hydrogen-bond donors (Lipinski definition) is 1. The Balaban J connectivity index is 2.63. The van der Waals surface area contributed by atoms with Gasteiger partial charge in [0.25, 0.3) is 0 Å². The Kier molecular flexibility index (Phi) is 7.10. The van der Waals surface area contributed by atoms with Crippen molar-refractivity contribution in [3.05, 3.63) is 12.7 Å². The maximum atomic E-state index is 12.1. The number of carbonyl (C=O) groups excluding carboxylic acids is 2. The van der Waals surface area contributed by atoms with Crippen LogP contribution in [0.5, 0.6) is 0 Å². The van der Waals surface area contributed by atoms with Gasteiger partial charge in [-0.1, -0.05) is 19.4 Å². The lowest BCUT2D eigenvalue weighted by Crippen LogP contribution is -2.48. The van der Waals surface area contributed by atoms with E-state index in [4.69, 9.17) is 9.47 Å². The van der Waals surface area contributed by atoms with E-state index >= 15 is 0 Å². The highest BCUT2D eigenvalue weighted by atomic mass is 16.6. The first-order valence-electron chi connectivity index (χ1n) is 8.50. The predicted molar refractivity (Wildman–Crippen MR) is 90.1 cm³/mol. The summed E-state index contributed by atoms with van der Waals surface area (Å²) < 4.78 is 10.7. The van der Waals surface area contributed by atoms with Crippen molar-refractivity contribution < 1.29 is 19.1 Å². The van der Waals surface area contributed by atoms with E-state index < -0.39 is 17.2 Å². The van der Waals surface area contributed by atoms with Gasteiger partial charge in [-0.15, -0.1) is 6.58 Å². The van der Waals surface area contributed by atoms with E-state index in [-0.39, 0.29) is 11.9 Å². The second-order valence-electron chi connectivity index (χ2n) is 7.36. The number of rotatable bonds is 7. The van der Waals surface area contributed by atoms with Crippen LogP contribution in [-0.4, -0.2) is 29.8 Å². The van der Waals surface area contributed by atoms with E-state index in [2.05, 4.69) is 18.8 Å². The Morgan fingerprint density at radius 3 is 2.65 bits per heavy atom. The summed E-state index contributed by atoms with van der Waals surface area (Å²) in [7, 11) is 0. The zero-order valence-electron chi connectivity index (χ0n) is 14.9. The summed E-state index contributed by atoms with van der Waals surface area (Å²) in [5.41, 5.74) is -1.00. The van der Waals surface area contributed by atoms with E-state index in [1.54, 1.807) is 6.08 Å². The van der Waals surface area contributed by atoms with Crippen molar-refractivity contribution in [3.63, 3.8) is 0 Å². The van der Waals surface area contributed by atoms with Gasteiger partial charge >= 0.3 is 12.1 Å². The molecule has 5 nitrogen and oxygen atoms in total. The molecule has 0 heterocycles. The zero-order valence-corrected chi connectivity index (χ0v) is 14.9. The summed E-state index contributed by atoms with van der Waals surface area (Å²) in [6, 6.07) is 0. The molecule has 0 aromatic heterocycles. The number of hydrogen-bond acceptors (Lipinski definition) is 4. The molecule has 1 unspecified atom stereocenters. The predicted octanol–water partition coefficient (Wildman–Crippen LogP) is 3.97. The van der Waals surface area contributed by atoms with Crippen LogP contribution in [0.3, 0.4) is 0 Å². The Hall–Kier alpha value is -1.52. The largest absolute Gasteiger partial charge is 0.465 e. The molecule has 0 aliphatic heterocycles. The van der Waals surface area contributed by atoms with E-state index in [0.717, 1.165) is 19.3 Å². The lowest BCUT2D eigenvalue weighted by Gasteiger charge is -2.31. The van der Waals surface area contributed by atoms with Crippen LogP contribution in [0.1, 0.15) is 66.2 Å². The Morgan fingerprint density at radius 2 is 2.09 bits per heavy atom. The summed E-state index contributed by atoms with van der Waals surface area (Å²) in [4.78, 5) is 24.2. The third-order valence-corrected chi connectivity index (χ3v) is 3.99. The van der Waals surface area contributed by atoms with Crippen LogP contribution in [0.25, 0.3) is 0 Å². The molecule has 0 aromatic carbocycles. The quantitative estimate of drug-likeness (QED) is 0.437. The molecule has 0 saturated heterocycles. The normalized spacial score (nSPS) is 24.1. The first kappa shape index (κ1) is 19.5. The van der Waals surface area contributed by atoms with Crippen molar-refractivity contribution in [1.29, 1.82) is 0 Å². The standard InChI is InChI=1S/C18H31NO4/c1-6-8-12-22-15(20)14-9-11-18(13-14,10-7-2)19-16(21)23-17(3,4)5/h7,14H,2,6,8-13H2,1,3-5H3,(H,19,21)/t14-,18?/m1/s1. The highest BCUT2D eigenvalue weighted by molar-refractivity contribution is 5.74. The fourth-order valence-corrected chi connectivity index (χ4v) is 2.91. The molecule has 0 spiro atoms. The second kappa shape index (κ2) is 8.37. The third-order valence-electron chi connectivity index (χ3n) is 3.99. The molecule has 1 amide bonds. The molecule has 1 saturated carbocycles. The second-order valence-corrected chi connectivity index (χ2v) is 7.36. The maximum Gasteiger partial charge on any atom is 0.408 e. The van der Waals surface area contributed by atoms with Crippen LogP contribution < -0.4 is 5.32 Å². The van der Waals surface area contributed by atoms with E-state index in [1.165, 1.54) is 0 Å². The molecular formula is C18H31NO4. The molecule has 1 N–H and O–H groups in total. The average Bonchev–Trinajstić information content (AvgIpc) is 2.81. The number of ether oxygens (including phenoxy) is 2. The number of alkyl carbamates (subject to hydrolysis) is 1. The molecule has 0 aromatic rings. The van der Waals surface area contributed by atoms with Crippen LogP contribution in [0.2, 0.25) is 0 Å². The van der Waals surface area contributed by atoms with Crippen molar-refractivity contribution in [2.75, 3.05) is 6.61 Å². The molecule has 0 bridgehead atoms. The molecule has 0 radical (unpaired) electrons. The third kappa shape index (κ3) is 6.63. The van der Waals surface area contributed by atoms with Crippen LogP contribution in [0.15, 0.2) is 12.7 Å². The van der Waals surface area contributed by atoms with Gasteiger partial charge in [0, 0.05) is 5.54 Å². The van der Waals surface area contributed by atoms with Crippen molar-refractivity contribution >= 4 is 12.1 Å². The van der Waals surface area contributed by atoms with Crippen molar-refractivity contribution in [2.24, 2.45) is 5.92 Å². The Labute approximate surface area is 139 Å². The molecule has 23 heavy (non-hydrogen) atoms. The van der Waals surface area contributed by atoms with E-state index in [0.29, 0.717) is 25.9 Å². The molecular weight excluding hydrogens is 294 g/mol. The van der Waals surface area contributed by atoms with Gasteiger partial charge in [-0.2, -0.15) is 0 Å². The van der Waals surface area contributed by atoms with Gasteiger partial charge < -0.3 is 14.8 Å². The van der Waals surface area contributed by atoms with Crippen LogP contribution in [-0.2, 0) is 14.3 Å². The van der Waals surface area contributed by atoms with Gasteiger partial charge in [0.15, 0.2) is 0 Å². The summed E-state index contributed by atoms with van der Waals surface area (Å²) in [6.07, 6.45) is 5.85. The zero-order chi connectivity index (χ0) is 17.5. The van der Waals surface area contributed by atoms with Crippen molar-refractivity contribution in [2.45, 2.75) is 77.4 Å². The average molecular weight is 325 g/mol. The fraction of sp³-hybridized carbons (Fsp3) is 0.778. The lowest BCUT2D eigenvalue weighted by atomic mass is 9.92. The monoisotopic (exact) mass is 325 g/mol. The van der Waals surface area contributed by atoms with E-state index in [1.807, 2.05) is 20.8 Å². The van der Waals surface area contributed by atoms with Gasteiger partial charge in [-0.05, 0) is 52.9 Å². The lowest BCUT2D eigenvalue weighted by molar-refractivity contribution is -0.148. The topological polar surface area (TPSA) is 64.6 Å². The first-order chi connectivity index (χ1) is 10.7. The van der Waals surface area contributed by atoms with Crippen molar-refractivity contribution in [3.8, 4) is 0 Å². The Bertz CT molecular complexity index is 427. The van der Waals surface area contributed by atoms with Gasteiger partial charge in [-0.25, -0.2) is 4.79 Å². The molecule has 1 fully saturated rings. The smallest absolute Gasteiger partial charge is 0.408 e. The molecule has 1 aliphatic carbocycles. The fourth-order valence-electron chi connectivity index (χ4n) is 2.91. The number of esters is 1. The highest BCUT2D eigenvalue weighted by Gasteiger charge is 2.43. The van der Waals surface area contributed by atoms with Crippen molar-refractivity contribution in [1.82, 2.24) is 5.32 Å². The molecule has 5 heteroatoms. The molecule has 1 aliphatic rings. The summed E-state index contributed by atoms with van der Waals surface area (Å²) >= 11 is 0. The van der Waals surface area contributed by atoms with Gasteiger partial charge in [0.1, 0.15) is 5.60 Å². The van der Waals surface area contributed by atoms with Gasteiger partial charge in [0.05, 0.1) is 12.5 Å². The first-order valence-corrected chi connectivity index (χ1v) is 8.50. The number of carbonyl (C=O) groups is 2. The summed E-state index contributed by atoms with van der Waals surface area (Å²) in [6.45, 7) is 11.8. The Morgan fingerprint density at radius 1 is 1.39 bits per heavy atom. The van der Waals surface area contributed by atoms with Gasteiger partial charge in [0.2, 0.25) is 0 Å². The minimum atomic E-state index is -0.545. The SMILES string of the molecule is C=CCC1(NC(=O)OC(C)(C)C)CC[C@@H](C(=O)OCCCC)C1. The minimum absolute atomic E-state index is 0.157. The van der Waals surface area contributed by atoms with Crippen LogP contribution >= 0.6 is 0 Å². The van der Waals surface area contributed by atoms with Crippen LogP contribution in [0.4, 0.5) is 4.79 Å². The number of unbranched alkanes of at least 4 members (excludes halogenated alkanes) is 1.